The van der Waals surface area contributed by atoms with Crippen LogP contribution in [0.1, 0.15) is 13.3 Å². The molecule has 6 nitrogen and oxygen atoms in total. The summed E-state index contributed by atoms with van der Waals surface area (Å²) in [7, 11) is 1.32. The van der Waals surface area contributed by atoms with E-state index in [4.69, 9.17) is 19.2 Å². The summed E-state index contributed by atoms with van der Waals surface area (Å²) in [4.78, 5) is 33.0. The Kier molecular flexibility index (Phi) is 2.30. The summed E-state index contributed by atoms with van der Waals surface area (Å²) < 4.78 is 10.4. The third-order valence-corrected chi connectivity index (χ3v) is 4.12. The fourth-order valence-corrected chi connectivity index (χ4v) is 3.44. The Balaban J connectivity index is 1.96. The molecular formula is C11H14O6. The van der Waals surface area contributed by atoms with Gasteiger partial charge in [-0.3, -0.25) is 4.79 Å². The van der Waals surface area contributed by atoms with E-state index in [1.165, 1.54) is 7.11 Å². The van der Waals surface area contributed by atoms with Gasteiger partial charge in [-0.1, -0.05) is 0 Å². The second-order valence-corrected chi connectivity index (χ2v) is 4.96. The number of hydrogen-bond donors (Lipinski definition) is 0. The maximum absolute atomic E-state index is 11.8. The molecule has 2 aliphatic heterocycles. The van der Waals surface area contributed by atoms with Crippen LogP contribution in [0.25, 0.3) is 0 Å². The van der Waals surface area contributed by atoms with E-state index in [1.807, 2.05) is 0 Å². The van der Waals surface area contributed by atoms with Crippen molar-refractivity contribution >= 4 is 12.3 Å². The SMILES string of the molecule is COC(=O)[C@@H]1[C@H]2[C@@H](C[C@@H]1C=O)[C@H]1OO[C@]2(C)O1. The second kappa shape index (κ2) is 3.51. The average molecular weight is 242 g/mol. The number of aldehydes is 1. The summed E-state index contributed by atoms with van der Waals surface area (Å²) in [6.07, 6.45) is 0.933. The molecule has 3 fully saturated rings. The minimum Gasteiger partial charge on any atom is -0.469 e. The number of ether oxygens (including phenoxy) is 2. The molecule has 3 rings (SSSR count). The highest BCUT2D eigenvalue weighted by Gasteiger charge is 2.68. The normalized spacial score (nSPS) is 51.3. The Labute approximate surface area is 98.1 Å². The standard InChI is InChI=1S/C11H14O6/c1-11-8-6(10(15-11)16-17-11)3-5(4-12)7(8)9(13)14-2/h4-8,10H,3H2,1-2H3/t5-,6-,7+,8-,10-,11+/m1/s1. The van der Waals surface area contributed by atoms with Crippen molar-refractivity contribution in [1.82, 2.24) is 0 Å². The topological polar surface area (TPSA) is 71.1 Å². The van der Waals surface area contributed by atoms with Gasteiger partial charge in [-0.05, 0) is 13.3 Å². The van der Waals surface area contributed by atoms with E-state index < -0.39 is 18.0 Å². The summed E-state index contributed by atoms with van der Waals surface area (Å²) in [5.74, 6) is -2.31. The fourth-order valence-electron chi connectivity index (χ4n) is 3.44. The molecule has 0 N–H and O–H groups in total. The number of methoxy groups -OCH3 is 1. The van der Waals surface area contributed by atoms with Crippen LogP contribution >= 0.6 is 0 Å². The lowest BCUT2D eigenvalue weighted by molar-refractivity contribution is -0.371. The van der Waals surface area contributed by atoms with Gasteiger partial charge in [0.25, 0.3) is 0 Å². The minimum absolute atomic E-state index is 0.0213. The average Bonchev–Trinajstić information content (AvgIpc) is 2.95. The largest absolute Gasteiger partial charge is 0.469 e. The lowest BCUT2D eigenvalue weighted by atomic mass is 9.82. The van der Waals surface area contributed by atoms with Gasteiger partial charge in [0.15, 0.2) is 6.29 Å². The van der Waals surface area contributed by atoms with E-state index in [2.05, 4.69) is 0 Å². The molecule has 1 aliphatic carbocycles. The number of hydrogen-bond acceptors (Lipinski definition) is 6. The van der Waals surface area contributed by atoms with Crippen molar-refractivity contribution < 1.29 is 28.8 Å². The van der Waals surface area contributed by atoms with Crippen molar-refractivity contribution in [3.63, 3.8) is 0 Å². The molecule has 0 unspecified atom stereocenters. The van der Waals surface area contributed by atoms with Crippen LogP contribution in [0.2, 0.25) is 0 Å². The number of carbonyl (C=O) groups excluding carboxylic acids is 2. The van der Waals surface area contributed by atoms with Crippen LogP contribution < -0.4 is 0 Å². The van der Waals surface area contributed by atoms with Crippen LogP contribution in [0.15, 0.2) is 0 Å². The maximum Gasteiger partial charge on any atom is 0.309 e. The Morgan fingerprint density at radius 1 is 1.53 bits per heavy atom. The van der Waals surface area contributed by atoms with Crippen molar-refractivity contribution in [2.24, 2.45) is 23.7 Å². The van der Waals surface area contributed by atoms with Crippen molar-refractivity contribution in [3.8, 4) is 0 Å². The molecule has 94 valence electrons. The van der Waals surface area contributed by atoms with E-state index >= 15 is 0 Å². The van der Waals surface area contributed by atoms with Crippen LogP contribution in [0, 0.1) is 23.7 Å². The van der Waals surface area contributed by atoms with Crippen LogP contribution in [-0.2, 0) is 28.8 Å². The van der Waals surface area contributed by atoms with E-state index in [-0.39, 0.29) is 23.7 Å². The van der Waals surface area contributed by atoms with Gasteiger partial charge in [0, 0.05) is 17.8 Å². The fraction of sp³-hybridized carbons (Fsp3) is 0.818. The highest BCUT2D eigenvalue weighted by molar-refractivity contribution is 5.78. The molecule has 2 bridgehead atoms. The minimum atomic E-state index is -0.939. The molecular weight excluding hydrogens is 228 g/mol. The van der Waals surface area contributed by atoms with E-state index in [1.54, 1.807) is 6.92 Å². The van der Waals surface area contributed by atoms with Gasteiger partial charge in [-0.15, -0.1) is 0 Å². The number of fused-ring (bicyclic) bond motifs is 5. The molecule has 0 aromatic rings. The molecule has 0 aromatic heterocycles. The summed E-state index contributed by atoms with van der Waals surface area (Å²) >= 11 is 0. The third kappa shape index (κ3) is 1.31. The first-order valence-electron chi connectivity index (χ1n) is 5.66. The first-order chi connectivity index (χ1) is 8.10. The van der Waals surface area contributed by atoms with E-state index in [0.29, 0.717) is 6.42 Å². The quantitative estimate of drug-likeness (QED) is 0.393. The molecule has 1 saturated carbocycles. The lowest BCUT2D eigenvalue weighted by Gasteiger charge is -2.30. The molecule has 6 atom stereocenters. The molecule has 0 aromatic carbocycles. The predicted molar refractivity (Wildman–Crippen MR) is 52.1 cm³/mol. The Hall–Kier alpha value is -0.980. The summed E-state index contributed by atoms with van der Waals surface area (Å²) in [6, 6.07) is 0. The Morgan fingerprint density at radius 2 is 2.29 bits per heavy atom. The van der Waals surface area contributed by atoms with Crippen molar-refractivity contribution in [1.29, 1.82) is 0 Å². The van der Waals surface area contributed by atoms with Gasteiger partial charge in [-0.2, -0.15) is 4.89 Å². The number of carbonyl (C=O) groups is 2. The maximum atomic E-state index is 11.8. The van der Waals surface area contributed by atoms with Crippen LogP contribution in [0.3, 0.4) is 0 Å². The van der Waals surface area contributed by atoms with Crippen molar-refractivity contribution in [2.45, 2.75) is 25.4 Å². The van der Waals surface area contributed by atoms with Gasteiger partial charge in [0.05, 0.1) is 13.0 Å². The molecule has 0 spiro atoms. The highest BCUT2D eigenvalue weighted by atomic mass is 17.3. The smallest absolute Gasteiger partial charge is 0.309 e. The zero-order valence-corrected chi connectivity index (χ0v) is 9.62. The molecule has 0 radical (unpaired) electrons. The molecule has 0 amide bonds. The van der Waals surface area contributed by atoms with Crippen molar-refractivity contribution in [2.75, 3.05) is 7.11 Å². The van der Waals surface area contributed by atoms with E-state index in [0.717, 1.165) is 6.29 Å². The molecule has 2 heterocycles. The lowest BCUT2D eigenvalue weighted by Crippen LogP contribution is -2.42. The van der Waals surface area contributed by atoms with Gasteiger partial charge in [-0.25, -0.2) is 4.89 Å². The first kappa shape index (κ1) is 11.1. The van der Waals surface area contributed by atoms with Gasteiger partial charge in [0.1, 0.15) is 6.29 Å². The van der Waals surface area contributed by atoms with Crippen LogP contribution in [0.4, 0.5) is 0 Å². The van der Waals surface area contributed by atoms with Gasteiger partial charge < -0.3 is 14.3 Å². The predicted octanol–water partition coefficient (Wildman–Crippen LogP) is 0.261. The molecule has 2 saturated heterocycles. The molecule has 3 aliphatic rings. The highest BCUT2D eigenvalue weighted by Crippen LogP contribution is 2.59. The van der Waals surface area contributed by atoms with Gasteiger partial charge >= 0.3 is 5.97 Å². The Bertz CT molecular complexity index is 369. The van der Waals surface area contributed by atoms with E-state index in [9.17, 15) is 9.59 Å². The second-order valence-electron chi connectivity index (χ2n) is 4.96. The van der Waals surface area contributed by atoms with Crippen LogP contribution in [-0.4, -0.2) is 31.4 Å². The molecule has 6 heteroatoms. The first-order valence-corrected chi connectivity index (χ1v) is 5.66. The monoisotopic (exact) mass is 242 g/mol. The summed E-state index contributed by atoms with van der Waals surface area (Å²) in [5.41, 5.74) is 0. The number of esters is 1. The molecule has 17 heavy (non-hydrogen) atoms. The van der Waals surface area contributed by atoms with Gasteiger partial charge in [0.2, 0.25) is 5.79 Å². The zero-order valence-electron chi connectivity index (χ0n) is 9.62. The number of rotatable bonds is 2. The third-order valence-electron chi connectivity index (χ3n) is 4.12. The Morgan fingerprint density at radius 3 is 2.94 bits per heavy atom. The van der Waals surface area contributed by atoms with Crippen molar-refractivity contribution in [3.05, 3.63) is 0 Å². The zero-order chi connectivity index (χ0) is 12.2. The summed E-state index contributed by atoms with van der Waals surface area (Å²) in [5, 5.41) is 0. The van der Waals surface area contributed by atoms with Crippen LogP contribution in [0.5, 0.6) is 0 Å². The summed E-state index contributed by atoms with van der Waals surface area (Å²) in [6.45, 7) is 1.74.